The molecule has 3 aromatic rings. The zero-order chi connectivity index (χ0) is 17.5. The zero-order valence-electron chi connectivity index (χ0n) is 14.1. The molecule has 0 radical (unpaired) electrons. The number of aromatic amines is 1. The van der Waals surface area contributed by atoms with Gasteiger partial charge in [-0.05, 0) is 48.2 Å². The van der Waals surface area contributed by atoms with E-state index < -0.39 is 11.6 Å². The maximum Gasteiger partial charge on any atom is 0.135 e. The van der Waals surface area contributed by atoms with Crippen LogP contribution < -0.4 is 0 Å². The normalized spacial score (nSPS) is 11.8. The molecule has 2 heterocycles. The average Bonchev–Trinajstić information content (AvgIpc) is 2.92. The molecule has 24 heavy (non-hydrogen) atoms. The van der Waals surface area contributed by atoms with Crippen molar-refractivity contribution >= 4 is 0 Å². The minimum absolute atomic E-state index is 0.145. The molecule has 0 atom stereocenters. The van der Waals surface area contributed by atoms with Gasteiger partial charge in [0.05, 0.1) is 11.4 Å². The number of H-pyrrole nitrogens is 1. The molecule has 5 heteroatoms. The number of hydrogen-bond donors (Lipinski definition) is 1. The van der Waals surface area contributed by atoms with Crippen molar-refractivity contribution in [1.82, 2.24) is 15.2 Å². The lowest BCUT2D eigenvalue weighted by Crippen LogP contribution is -2.12. The fourth-order valence-electron chi connectivity index (χ4n) is 2.48. The SMILES string of the molecule is Cc1cc(-c2cc(C(C)(C)C)cc(-c3ccc(F)cc3F)n2)n[nH]1. The number of benzene rings is 1. The van der Waals surface area contributed by atoms with Gasteiger partial charge in [-0.3, -0.25) is 5.10 Å². The number of pyridine rings is 1. The first-order chi connectivity index (χ1) is 11.2. The monoisotopic (exact) mass is 327 g/mol. The van der Waals surface area contributed by atoms with Crippen molar-refractivity contribution in [1.29, 1.82) is 0 Å². The van der Waals surface area contributed by atoms with Crippen molar-refractivity contribution < 1.29 is 8.78 Å². The van der Waals surface area contributed by atoms with Crippen molar-refractivity contribution in [3.63, 3.8) is 0 Å². The third-order valence-electron chi connectivity index (χ3n) is 3.87. The van der Waals surface area contributed by atoms with Crippen molar-refractivity contribution in [2.75, 3.05) is 0 Å². The van der Waals surface area contributed by atoms with Gasteiger partial charge in [0.25, 0.3) is 0 Å². The third-order valence-corrected chi connectivity index (χ3v) is 3.87. The lowest BCUT2D eigenvalue weighted by atomic mass is 9.86. The highest BCUT2D eigenvalue weighted by molar-refractivity contribution is 5.66. The summed E-state index contributed by atoms with van der Waals surface area (Å²) in [6.45, 7) is 8.14. The van der Waals surface area contributed by atoms with Gasteiger partial charge in [0, 0.05) is 17.3 Å². The second kappa shape index (κ2) is 5.82. The van der Waals surface area contributed by atoms with Crippen LogP contribution in [0.15, 0.2) is 36.4 Å². The lowest BCUT2D eigenvalue weighted by Gasteiger charge is -2.20. The standard InChI is InChI=1S/C19H19F2N3/c1-11-7-18(24-23-11)17-9-12(19(2,3)4)8-16(22-17)14-6-5-13(20)10-15(14)21/h5-10H,1-4H3,(H,23,24). The summed E-state index contributed by atoms with van der Waals surface area (Å²) in [4.78, 5) is 4.55. The predicted molar refractivity (Wildman–Crippen MR) is 90.6 cm³/mol. The molecule has 3 nitrogen and oxygen atoms in total. The van der Waals surface area contributed by atoms with Gasteiger partial charge in [0.2, 0.25) is 0 Å². The first-order valence-electron chi connectivity index (χ1n) is 7.74. The smallest absolute Gasteiger partial charge is 0.135 e. The van der Waals surface area contributed by atoms with Crippen molar-refractivity contribution in [2.45, 2.75) is 33.1 Å². The molecule has 1 N–H and O–H groups in total. The van der Waals surface area contributed by atoms with Gasteiger partial charge in [-0.25, -0.2) is 13.8 Å². The van der Waals surface area contributed by atoms with E-state index in [-0.39, 0.29) is 11.0 Å². The number of aryl methyl sites for hydroxylation is 1. The van der Waals surface area contributed by atoms with Gasteiger partial charge in [0.1, 0.15) is 17.3 Å². The van der Waals surface area contributed by atoms with E-state index in [1.165, 1.54) is 12.1 Å². The van der Waals surface area contributed by atoms with Crippen molar-refractivity contribution in [3.05, 3.63) is 59.3 Å². The van der Waals surface area contributed by atoms with Gasteiger partial charge in [-0.15, -0.1) is 0 Å². The summed E-state index contributed by atoms with van der Waals surface area (Å²) in [7, 11) is 0. The van der Waals surface area contributed by atoms with Crippen LogP contribution in [0.25, 0.3) is 22.6 Å². The van der Waals surface area contributed by atoms with Crippen LogP contribution in [0, 0.1) is 18.6 Å². The molecule has 0 amide bonds. The van der Waals surface area contributed by atoms with Crippen LogP contribution in [0.2, 0.25) is 0 Å². The quantitative estimate of drug-likeness (QED) is 0.718. The van der Waals surface area contributed by atoms with Crippen LogP contribution in [-0.2, 0) is 5.41 Å². The Balaban J connectivity index is 2.22. The number of aromatic nitrogens is 3. The van der Waals surface area contributed by atoms with Crippen LogP contribution in [0.3, 0.4) is 0 Å². The summed E-state index contributed by atoms with van der Waals surface area (Å²) < 4.78 is 27.4. The zero-order valence-corrected chi connectivity index (χ0v) is 14.1. The van der Waals surface area contributed by atoms with Gasteiger partial charge in [-0.2, -0.15) is 5.10 Å². The summed E-state index contributed by atoms with van der Waals surface area (Å²) in [5, 5.41) is 7.13. The summed E-state index contributed by atoms with van der Waals surface area (Å²) in [5.41, 5.74) is 3.88. The number of nitrogens with zero attached hydrogens (tertiary/aromatic N) is 2. The topological polar surface area (TPSA) is 41.6 Å². The number of hydrogen-bond acceptors (Lipinski definition) is 2. The highest BCUT2D eigenvalue weighted by Crippen LogP contribution is 2.31. The minimum atomic E-state index is -0.627. The Morgan fingerprint density at radius 2 is 1.62 bits per heavy atom. The molecular weight excluding hydrogens is 308 g/mol. The fourth-order valence-corrected chi connectivity index (χ4v) is 2.48. The summed E-state index contributed by atoms with van der Waals surface area (Å²) >= 11 is 0. The Kier molecular flexibility index (Phi) is 3.95. The second-order valence-electron chi connectivity index (χ2n) is 6.94. The highest BCUT2D eigenvalue weighted by atomic mass is 19.1. The molecule has 124 valence electrons. The highest BCUT2D eigenvalue weighted by Gasteiger charge is 2.19. The average molecular weight is 327 g/mol. The Bertz CT molecular complexity index is 892. The molecule has 0 aliphatic heterocycles. The molecule has 0 bridgehead atoms. The van der Waals surface area contributed by atoms with Crippen LogP contribution >= 0.6 is 0 Å². The van der Waals surface area contributed by atoms with Crippen LogP contribution in [-0.4, -0.2) is 15.2 Å². The lowest BCUT2D eigenvalue weighted by molar-refractivity contribution is 0.583. The molecular formula is C19H19F2N3. The molecule has 0 aliphatic carbocycles. The van der Waals surface area contributed by atoms with E-state index in [1.54, 1.807) is 0 Å². The van der Waals surface area contributed by atoms with Gasteiger partial charge < -0.3 is 0 Å². The van der Waals surface area contributed by atoms with Crippen molar-refractivity contribution in [2.24, 2.45) is 0 Å². The van der Waals surface area contributed by atoms with E-state index in [0.29, 0.717) is 17.1 Å². The first kappa shape index (κ1) is 16.3. The third kappa shape index (κ3) is 3.20. The largest absolute Gasteiger partial charge is 0.282 e. The van der Waals surface area contributed by atoms with Gasteiger partial charge in [-0.1, -0.05) is 20.8 Å². The van der Waals surface area contributed by atoms with Gasteiger partial charge in [0.15, 0.2) is 0 Å². The Hall–Kier alpha value is -2.56. The molecule has 0 spiro atoms. The fraction of sp³-hybridized carbons (Fsp3) is 0.263. The predicted octanol–water partition coefficient (Wildman–Crippen LogP) is 5.02. The summed E-state index contributed by atoms with van der Waals surface area (Å²) in [6.07, 6.45) is 0. The van der Waals surface area contributed by atoms with E-state index in [9.17, 15) is 8.78 Å². The number of halogens is 2. The second-order valence-corrected chi connectivity index (χ2v) is 6.94. The Morgan fingerprint density at radius 3 is 2.21 bits per heavy atom. The molecule has 0 aliphatic rings. The summed E-state index contributed by atoms with van der Waals surface area (Å²) in [5.74, 6) is -1.23. The van der Waals surface area contributed by atoms with Crippen LogP contribution in [0.1, 0.15) is 32.0 Å². The Morgan fingerprint density at radius 1 is 0.917 bits per heavy atom. The maximum absolute atomic E-state index is 14.2. The van der Waals surface area contributed by atoms with Crippen LogP contribution in [0.4, 0.5) is 8.78 Å². The van der Waals surface area contributed by atoms with Crippen molar-refractivity contribution in [3.8, 4) is 22.6 Å². The molecule has 0 saturated carbocycles. The molecule has 0 saturated heterocycles. The Labute approximate surface area is 139 Å². The van der Waals surface area contributed by atoms with E-state index in [4.69, 9.17) is 0 Å². The molecule has 1 aromatic carbocycles. The number of nitrogens with one attached hydrogen (secondary N) is 1. The maximum atomic E-state index is 14.2. The number of rotatable bonds is 2. The first-order valence-corrected chi connectivity index (χ1v) is 7.74. The molecule has 0 fully saturated rings. The molecule has 2 aromatic heterocycles. The minimum Gasteiger partial charge on any atom is -0.282 e. The van der Waals surface area contributed by atoms with Gasteiger partial charge >= 0.3 is 0 Å². The molecule has 0 unspecified atom stereocenters. The van der Waals surface area contributed by atoms with E-state index in [2.05, 4.69) is 36.0 Å². The summed E-state index contributed by atoms with van der Waals surface area (Å²) in [6, 6.07) is 9.22. The molecule has 3 rings (SSSR count). The van der Waals surface area contributed by atoms with Crippen LogP contribution in [0.5, 0.6) is 0 Å². The van der Waals surface area contributed by atoms with E-state index in [0.717, 1.165) is 17.3 Å². The van der Waals surface area contributed by atoms with E-state index in [1.807, 2.05) is 25.1 Å². The van der Waals surface area contributed by atoms with E-state index >= 15 is 0 Å².